The van der Waals surface area contributed by atoms with Crippen molar-refractivity contribution in [1.29, 1.82) is 0 Å². The van der Waals surface area contributed by atoms with Crippen molar-refractivity contribution < 1.29 is 19.9 Å². The number of non-ortho nitro benzene ring substituents is 1. The first kappa shape index (κ1) is 12.1. The highest BCUT2D eigenvalue weighted by Crippen LogP contribution is 2.21. The summed E-state index contributed by atoms with van der Waals surface area (Å²) in [7, 11) is 0. The second kappa shape index (κ2) is 5.22. The van der Waals surface area contributed by atoms with Gasteiger partial charge in [0.05, 0.1) is 11.0 Å². The average Bonchev–Trinajstić information content (AvgIpc) is 2.26. The summed E-state index contributed by atoms with van der Waals surface area (Å²) in [5.41, 5.74) is 0.418. The predicted octanol–water partition coefficient (Wildman–Crippen LogP) is 1.49. The summed E-state index contributed by atoms with van der Waals surface area (Å²) in [6.45, 7) is 0. The van der Waals surface area contributed by atoms with Gasteiger partial charge in [-0.25, -0.2) is 0 Å². The number of nitrogens with zero attached hydrogens (tertiary/aromatic N) is 1. The Bertz CT molecular complexity index is 387. The molecule has 86 valence electrons. The van der Waals surface area contributed by atoms with Crippen molar-refractivity contribution in [3.63, 3.8) is 0 Å². The molecular weight excluding hydrogens is 214 g/mol. The molecule has 0 saturated carbocycles. The van der Waals surface area contributed by atoms with E-state index in [1.807, 2.05) is 0 Å². The first-order valence-corrected chi connectivity index (χ1v) is 4.65. The van der Waals surface area contributed by atoms with E-state index in [9.17, 15) is 20.0 Å². The number of aliphatic hydroxyl groups excluding tert-OH is 1. The second-order valence-electron chi connectivity index (χ2n) is 3.30. The van der Waals surface area contributed by atoms with E-state index < -0.39 is 17.0 Å². The summed E-state index contributed by atoms with van der Waals surface area (Å²) in [5.74, 6) is -0.985. The van der Waals surface area contributed by atoms with Gasteiger partial charge in [0.1, 0.15) is 0 Å². The molecule has 1 atom stereocenters. The van der Waals surface area contributed by atoms with E-state index in [1.54, 1.807) is 0 Å². The molecule has 2 N–H and O–H groups in total. The van der Waals surface area contributed by atoms with Crippen molar-refractivity contribution in [1.82, 2.24) is 0 Å². The highest BCUT2D eigenvalue weighted by atomic mass is 16.6. The van der Waals surface area contributed by atoms with Gasteiger partial charge < -0.3 is 10.2 Å². The van der Waals surface area contributed by atoms with Crippen LogP contribution in [0.25, 0.3) is 0 Å². The van der Waals surface area contributed by atoms with Crippen LogP contribution in [-0.4, -0.2) is 21.1 Å². The van der Waals surface area contributed by atoms with Crippen LogP contribution < -0.4 is 0 Å². The molecule has 1 aromatic carbocycles. The smallest absolute Gasteiger partial charge is 0.303 e. The molecule has 1 aromatic rings. The van der Waals surface area contributed by atoms with Gasteiger partial charge in [0.2, 0.25) is 0 Å². The fraction of sp³-hybridized carbons (Fsp3) is 0.300. The van der Waals surface area contributed by atoms with Crippen LogP contribution in [0.2, 0.25) is 0 Å². The number of hydrogen-bond donors (Lipinski definition) is 2. The topological polar surface area (TPSA) is 101 Å². The summed E-state index contributed by atoms with van der Waals surface area (Å²) in [6.07, 6.45) is -0.956. The second-order valence-corrected chi connectivity index (χ2v) is 3.30. The van der Waals surface area contributed by atoms with Crippen molar-refractivity contribution in [2.75, 3.05) is 0 Å². The number of aliphatic hydroxyl groups is 1. The van der Waals surface area contributed by atoms with E-state index >= 15 is 0 Å². The zero-order chi connectivity index (χ0) is 12.1. The summed E-state index contributed by atoms with van der Waals surface area (Å²) in [4.78, 5) is 20.1. The highest BCUT2D eigenvalue weighted by Gasteiger charge is 2.11. The maximum Gasteiger partial charge on any atom is 0.303 e. The van der Waals surface area contributed by atoms with E-state index in [0.717, 1.165) is 0 Å². The molecule has 0 aliphatic heterocycles. The SMILES string of the molecule is O=C(O)CCC(O)c1ccc([N+](=O)[O-])cc1. The predicted molar refractivity (Wildman–Crippen MR) is 54.9 cm³/mol. The average molecular weight is 225 g/mol. The van der Waals surface area contributed by atoms with Crippen LogP contribution in [0, 0.1) is 10.1 Å². The number of hydrogen-bond acceptors (Lipinski definition) is 4. The normalized spacial score (nSPS) is 12.1. The van der Waals surface area contributed by atoms with Crippen LogP contribution in [0.1, 0.15) is 24.5 Å². The zero-order valence-electron chi connectivity index (χ0n) is 8.37. The largest absolute Gasteiger partial charge is 0.481 e. The molecule has 1 rings (SSSR count). The van der Waals surface area contributed by atoms with Crippen LogP contribution >= 0.6 is 0 Å². The minimum absolute atomic E-state index is 0.0609. The number of benzene rings is 1. The minimum atomic E-state index is -0.985. The number of carbonyl (C=O) groups is 1. The lowest BCUT2D eigenvalue weighted by molar-refractivity contribution is -0.384. The van der Waals surface area contributed by atoms with Gasteiger partial charge >= 0.3 is 5.97 Å². The molecule has 0 aliphatic rings. The van der Waals surface area contributed by atoms with Crippen LogP contribution in [0.15, 0.2) is 24.3 Å². The van der Waals surface area contributed by atoms with E-state index in [-0.39, 0.29) is 18.5 Å². The fourth-order valence-corrected chi connectivity index (χ4v) is 1.25. The molecule has 1 unspecified atom stereocenters. The first-order chi connectivity index (χ1) is 7.50. The molecule has 0 aliphatic carbocycles. The maximum atomic E-state index is 10.4. The van der Waals surface area contributed by atoms with E-state index in [0.29, 0.717) is 5.56 Å². The fourth-order valence-electron chi connectivity index (χ4n) is 1.25. The van der Waals surface area contributed by atoms with Crippen molar-refractivity contribution in [3.05, 3.63) is 39.9 Å². The van der Waals surface area contributed by atoms with Gasteiger partial charge in [-0.2, -0.15) is 0 Å². The zero-order valence-corrected chi connectivity index (χ0v) is 8.37. The molecule has 0 fully saturated rings. The van der Waals surface area contributed by atoms with Gasteiger partial charge in [-0.1, -0.05) is 0 Å². The van der Waals surface area contributed by atoms with E-state index in [1.165, 1.54) is 24.3 Å². The van der Waals surface area contributed by atoms with Crippen molar-refractivity contribution in [2.45, 2.75) is 18.9 Å². The molecule has 6 heteroatoms. The van der Waals surface area contributed by atoms with Crippen molar-refractivity contribution >= 4 is 11.7 Å². The third kappa shape index (κ3) is 3.32. The first-order valence-electron chi connectivity index (χ1n) is 4.65. The van der Waals surface area contributed by atoms with Gasteiger partial charge in [-0.05, 0) is 24.1 Å². The Labute approximate surface area is 91.3 Å². The lowest BCUT2D eigenvalue weighted by atomic mass is 10.0. The number of carboxylic acid groups (broad SMARTS) is 1. The monoisotopic (exact) mass is 225 g/mol. The molecule has 0 amide bonds. The Morgan fingerprint density at radius 1 is 1.38 bits per heavy atom. The third-order valence-electron chi connectivity index (χ3n) is 2.12. The quantitative estimate of drug-likeness (QED) is 0.584. The Morgan fingerprint density at radius 2 is 1.94 bits per heavy atom. The summed E-state index contributed by atoms with van der Waals surface area (Å²) < 4.78 is 0. The van der Waals surface area contributed by atoms with Crippen molar-refractivity contribution in [3.8, 4) is 0 Å². The Hall–Kier alpha value is -1.95. The summed E-state index contributed by atoms with van der Waals surface area (Å²) >= 11 is 0. The summed E-state index contributed by atoms with van der Waals surface area (Å²) in [5, 5.41) is 28.4. The number of nitro groups is 1. The Morgan fingerprint density at radius 3 is 2.38 bits per heavy atom. The van der Waals surface area contributed by atoms with Gasteiger partial charge in [-0.3, -0.25) is 14.9 Å². The van der Waals surface area contributed by atoms with Gasteiger partial charge in [-0.15, -0.1) is 0 Å². The Balaban J connectivity index is 2.66. The number of carboxylic acids is 1. The molecule has 0 saturated heterocycles. The number of aliphatic carboxylic acids is 1. The van der Waals surface area contributed by atoms with Gasteiger partial charge in [0.15, 0.2) is 0 Å². The van der Waals surface area contributed by atoms with Crippen LogP contribution in [0.5, 0.6) is 0 Å². The molecule has 0 heterocycles. The molecule has 16 heavy (non-hydrogen) atoms. The molecule has 0 bridgehead atoms. The number of rotatable bonds is 5. The van der Waals surface area contributed by atoms with E-state index in [4.69, 9.17) is 5.11 Å². The van der Waals surface area contributed by atoms with Crippen LogP contribution in [0.4, 0.5) is 5.69 Å². The van der Waals surface area contributed by atoms with Crippen LogP contribution in [0.3, 0.4) is 0 Å². The standard InChI is InChI=1S/C10H11NO5/c12-9(5-6-10(13)14)7-1-3-8(4-2-7)11(15)16/h1-4,9,12H,5-6H2,(H,13,14). The van der Waals surface area contributed by atoms with Gasteiger partial charge in [0, 0.05) is 18.6 Å². The lowest BCUT2D eigenvalue weighted by Gasteiger charge is -2.08. The summed E-state index contributed by atoms with van der Waals surface area (Å²) in [6, 6.07) is 5.40. The maximum absolute atomic E-state index is 10.4. The minimum Gasteiger partial charge on any atom is -0.481 e. The highest BCUT2D eigenvalue weighted by molar-refractivity contribution is 5.66. The third-order valence-corrected chi connectivity index (χ3v) is 2.12. The number of nitro benzene ring substituents is 1. The van der Waals surface area contributed by atoms with E-state index in [2.05, 4.69) is 0 Å². The van der Waals surface area contributed by atoms with Crippen molar-refractivity contribution in [2.24, 2.45) is 0 Å². The lowest BCUT2D eigenvalue weighted by Crippen LogP contribution is -2.02. The molecule has 0 spiro atoms. The molecule has 0 aromatic heterocycles. The van der Waals surface area contributed by atoms with Gasteiger partial charge in [0.25, 0.3) is 5.69 Å². The Kier molecular flexibility index (Phi) is 3.96. The molecular formula is C10H11NO5. The molecule has 0 radical (unpaired) electrons. The molecule has 6 nitrogen and oxygen atoms in total. The van der Waals surface area contributed by atoms with Crippen LogP contribution in [-0.2, 0) is 4.79 Å².